The fourth-order valence-electron chi connectivity index (χ4n) is 2.97. The number of likely N-dealkylation sites (tertiary alicyclic amines) is 1. The molecule has 0 radical (unpaired) electrons. The maximum atomic E-state index is 13.3. The zero-order chi connectivity index (χ0) is 18.2. The highest BCUT2D eigenvalue weighted by atomic mass is 32.1. The van der Waals surface area contributed by atoms with Gasteiger partial charge in [0.25, 0.3) is 5.91 Å². The first-order valence-electron chi connectivity index (χ1n) is 7.48. The molecule has 1 unspecified atom stereocenters. The first-order chi connectivity index (χ1) is 11.8. The van der Waals surface area contributed by atoms with E-state index >= 15 is 0 Å². The van der Waals surface area contributed by atoms with Gasteiger partial charge in [-0.25, -0.2) is 0 Å². The van der Waals surface area contributed by atoms with E-state index in [1.807, 2.05) is 6.07 Å². The van der Waals surface area contributed by atoms with Crippen LogP contribution in [-0.2, 0) is 4.79 Å². The summed E-state index contributed by atoms with van der Waals surface area (Å²) in [5, 5.41) is 10.8. The lowest BCUT2D eigenvalue weighted by Crippen LogP contribution is -2.47. The topological polar surface area (TPSA) is 57.6 Å². The minimum atomic E-state index is -4.91. The van der Waals surface area contributed by atoms with Crippen molar-refractivity contribution < 1.29 is 27.9 Å². The van der Waals surface area contributed by atoms with Gasteiger partial charge in [0.15, 0.2) is 5.41 Å². The number of hydrogen-bond donors (Lipinski definition) is 1. The minimum absolute atomic E-state index is 0.239. The highest BCUT2D eigenvalue weighted by Gasteiger charge is 2.64. The molecule has 1 fully saturated rings. The molecule has 4 nitrogen and oxygen atoms in total. The average Bonchev–Trinajstić information content (AvgIpc) is 3.22. The van der Waals surface area contributed by atoms with Crippen molar-refractivity contribution in [3.8, 4) is 11.1 Å². The number of benzene rings is 1. The Morgan fingerprint density at radius 2 is 1.84 bits per heavy atom. The van der Waals surface area contributed by atoms with E-state index in [0.29, 0.717) is 10.4 Å². The van der Waals surface area contributed by atoms with Crippen LogP contribution in [0.4, 0.5) is 13.2 Å². The fraction of sp³-hybridized carbons (Fsp3) is 0.294. The van der Waals surface area contributed by atoms with Crippen LogP contribution in [0.5, 0.6) is 0 Å². The van der Waals surface area contributed by atoms with E-state index in [1.165, 1.54) is 0 Å². The van der Waals surface area contributed by atoms with E-state index in [-0.39, 0.29) is 6.54 Å². The number of hydrogen-bond acceptors (Lipinski definition) is 3. The Kier molecular flexibility index (Phi) is 4.32. The van der Waals surface area contributed by atoms with Crippen LogP contribution in [0.3, 0.4) is 0 Å². The molecule has 1 aliphatic rings. The maximum Gasteiger partial charge on any atom is 0.406 e. The monoisotopic (exact) mass is 369 g/mol. The van der Waals surface area contributed by atoms with Gasteiger partial charge < -0.3 is 10.0 Å². The van der Waals surface area contributed by atoms with E-state index in [0.717, 1.165) is 21.8 Å². The number of aliphatic carboxylic acids is 1. The molecular formula is C17H14F3NO3S. The molecule has 1 N–H and O–H groups in total. The summed E-state index contributed by atoms with van der Waals surface area (Å²) in [5.41, 5.74) is -1.48. The van der Waals surface area contributed by atoms with Crippen molar-refractivity contribution in [3.63, 3.8) is 0 Å². The Bertz CT molecular complexity index is 803. The van der Waals surface area contributed by atoms with Gasteiger partial charge >= 0.3 is 12.1 Å². The van der Waals surface area contributed by atoms with Gasteiger partial charge in [-0.3, -0.25) is 9.59 Å². The van der Waals surface area contributed by atoms with Crippen molar-refractivity contribution in [2.24, 2.45) is 5.41 Å². The smallest absolute Gasteiger partial charge is 0.406 e. The second-order valence-electron chi connectivity index (χ2n) is 5.89. The number of carbonyl (C=O) groups is 2. The largest absolute Gasteiger partial charge is 0.481 e. The Hall–Kier alpha value is -2.35. The first kappa shape index (κ1) is 17.5. The predicted molar refractivity (Wildman–Crippen MR) is 86.4 cm³/mol. The van der Waals surface area contributed by atoms with Crippen LogP contribution < -0.4 is 0 Å². The zero-order valence-electron chi connectivity index (χ0n) is 12.9. The summed E-state index contributed by atoms with van der Waals surface area (Å²) in [5.74, 6) is -2.51. The summed E-state index contributed by atoms with van der Waals surface area (Å²) < 4.78 is 39.8. The molecule has 2 heterocycles. The number of carbonyl (C=O) groups excluding carboxylic acids is 1. The maximum absolute atomic E-state index is 13.3. The van der Waals surface area contributed by atoms with Gasteiger partial charge in [-0.05, 0) is 23.4 Å². The van der Waals surface area contributed by atoms with Crippen molar-refractivity contribution >= 4 is 23.2 Å². The summed E-state index contributed by atoms with van der Waals surface area (Å²) in [6.07, 6.45) is -5.55. The molecule has 1 saturated heterocycles. The number of nitrogens with zero attached hydrogens (tertiary/aromatic N) is 1. The molecule has 0 spiro atoms. The van der Waals surface area contributed by atoms with E-state index in [1.54, 1.807) is 35.7 Å². The quantitative estimate of drug-likeness (QED) is 0.893. The highest BCUT2D eigenvalue weighted by Crippen LogP contribution is 2.46. The SMILES string of the molecule is O=C(c1sccc1-c1ccccc1)N1CCC(C(=O)O)(C(F)(F)F)C1. The van der Waals surface area contributed by atoms with E-state index in [2.05, 4.69) is 0 Å². The van der Waals surface area contributed by atoms with E-state index in [4.69, 9.17) is 5.11 Å². The average molecular weight is 369 g/mol. The molecule has 1 aromatic carbocycles. The lowest BCUT2D eigenvalue weighted by atomic mass is 9.86. The van der Waals surface area contributed by atoms with Crippen molar-refractivity contribution in [3.05, 3.63) is 46.7 Å². The minimum Gasteiger partial charge on any atom is -0.481 e. The van der Waals surface area contributed by atoms with Crippen LogP contribution in [0.2, 0.25) is 0 Å². The third kappa shape index (κ3) is 2.90. The van der Waals surface area contributed by atoms with Crippen LogP contribution in [0, 0.1) is 5.41 Å². The van der Waals surface area contributed by atoms with Gasteiger partial charge in [0.2, 0.25) is 0 Å². The standard InChI is InChI=1S/C17H14F3NO3S/c18-17(19,20)16(15(23)24)7-8-21(10-16)14(22)13-12(6-9-25-13)11-4-2-1-3-5-11/h1-6,9H,7-8,10H2,(H,23,24). The van der Waals surface area contributed by atoms with Gasteiger partial charge in [-0.15, -0.1) is 11.3 Å². The Morgan fingerprint density at radius 1 is 1.16 bits per heavy atom. The summed E-state index contributed by atoms with van der Waals surface area (Å²) in [7, 11) is 0. The second kappa shape index (κ2) is 6.18. The molecule has 3 rings (SSSR count). The molecule has 8 heteroatoms. The van der Waals surface area contributed by atoms with Gasteiger partial charge in [-0.1, -0.05) is 30.3 Å². The summed E-state index contributed by atoms with van der Waals surface area (Å²) in [4.78, 5) is 25.3. The number of carboxylic acid groups (broad SMARTS) is 1. The molecule has 1 aliphatic heterocycles. The van der Waals surface area contributed by atoms with Crippen molar-refractivity contribution in [2.45, 2.75) is 12.6 Å². The van der Waals surface area contributed by atoms with E-state index in [9.17, 15) is 22.8 Å². The summed E-state index contributed by atoms with van der Waals surface area (Å²) in [6, 6.07) is 10.8. The van der Waals surface area contributed by atoms with Crippen LogP contribution in [-0.4, -0.2) is 41.1 Å². The molecular weight excluding hydrogens is 355 g/mol. The van der Waals surface area contributed by atoms with Crippen molar-refractivity contribution in [1.29, 1.82) is 0 Å². The van der Waals surface area contributed by atoms with Gasteiger partial charge in [-0.2, -0.15) is 13.2 Å². The molecule has 2 aromatic rings. The summed E-state index contributed by atoms with van der Waals surface area (Å²) >= 11 is 1.14. The Labute approximate surface area is 145 Å². The Morgan fingerprint density at radius 3 is 2.40 bits per heavy atom. The number of amides is 1. The van der Waals surface area contributed by atoms with Crippen LogP contribution >= 0.6 is 11.3 Å². The van der Waals surface area contributed by atoms with Gasteiger partial charge in [0.05, 0.1) is 4.88 Å². The molecule has 132 valence electrons. The zero-order valence-corrected chi connectivity index (χ0v) is 13.7. The molecule has 25 heavy (non-hydrogen) atoms. The molecule has 1 atom stereocenters. The molecule has 0 aliphatic carbocycles. The van der Waals surface area contributed by atoms with Crippen molar-refractivity contribution in [2.75, 3.05) is 13.1 Å². The third-order valence-electron chi connectivity index (χ3n) is 4.45. The number of rotatable bonds is 3. The fourth-order valence-corrected chi connectivity index (χ4v) is 3.86. The number of carboxylic acids is 1. The van der Waals surface area contributed by atoms with Crippen LogP contribution in [0.1, 0.15) is 16.1 Å². The number of thiophene rings is 1. The lowest BCUT2D eigenvalue weighted by Gasteiger charge is -2.27. The van der Waals surface area contributed by atoms with Crippen molar-refractivity contribution in [1.82, 2.24) is 4.90 Å². The van der Waals surface area contributed by atoms with Crippen LogP contribution in [0.15, 0.2) is 41.8 Å². The molecule has 1 amide bonds. The first-order valence-corrected chi connectivity index (χ1v) is 8.36. The van der Waals surface area contributed by atoms with Gasteiger partial charge in [0.1, 0.15) is 0 Å². The number of alkyl halides is 3. The molecule has 0 saturated carbocycles. The highest BCUT2D eigenvalue weighted by molar-refractivity contribution is 7.12. The number of halogens is 3. The normalized spacial score (nSPS) is 20.7. The predicted octanol–water partition coefficient (Wildman–Crippen LogP) is 3.89. The Balaban J connectivity index is 1.90. The van der Waals surface area contributed by atoms with E-state index < -0.39 is 36.4 Å². The lowest BCUT2D eigenvalue weighted by molar-refractivity contribution is -0.227. The molecule has 1 aromatic heterocycles. The summed E-state index contributed by atoms with van der Waals surface area (Å²) in [6.45, 7) is -1.10. The third-order valence-corrected chi connectivity index (χ3v) is 5.36. The second-order valence-corrected chi connectivity index (χ2v) is 6.81. The van der Waals surface area contributed by atoms with Crippen LogP contribution in [0.25, 0.3) is 11.1 Å². The molecule has 0 bridgehead atoms. The van der Waals surface area contributed by atoms with Gasteiger partial charge in [0, 0.05) is 18.7 Å².